The van der Waals surface area contributed by atoms with E-state index < -0.39 is 6.04 Å². The number of nitrogens with two attached hydrogens (primary N) is 1. The Morgan fingerprint density at radius 2 is 1.68 bits per heavy atom. The van der Waals surface area contributed by atoms with Gasteiger partial charge in [0, 0.05) is 13.1 Å². The number of carbonyl (C=O) groups excluding carboxylic acids is 1. The predicted molar refractivity (Wildman–Crippen MR) is 101 cm³/mol. The molecule has 0 saturated heterocycles. The summed E-state index contributed by atoms with van der Waals surface area (Å²) in [5.74, 6) is 0.0441. The number of nitrogens with zero attached hydrogens (tertiary/aromatic N) is 1. The van der Waals surface area contributed by atoms with Crippen molar-refractivity contribution in [3.8, 4) is 0 Å². The molecule has 0 saturated carbocycles. The summed E-state index contributed by atoms with van der Waals surface area (Å²) < 4.78 is 0. The highest BCUT2D eigenvalue weighted by molar-refractivity contribution is 5.84. The lowest BCUT2D eigenvalue weighted by atomic mass is 9.98. The van der Waals surface area contributed by atoms with E-state index in [-0.39, 0.29) is 5.91 Å². The fourth-order valence-electron chi connectivity index (χ4n) is 3.63. The molecule has 1 atom stereocenters. The molecule has 2 N–H and O–H groups in total. The third kappa shape index (κ3) is 3.28. The number of hydrogen-bond donors (Lipinski definition) is 1. The summed E-state index contributed by atoms with van der Waals surface area (Å²) in [6, 6.07) is 22.4. The first-order valence-corrected chi connectivity index (χ1v) is 8.79. The van der Waals surface area contributed by atoms with Crippen molar-refractivity contribution in [1.82, 2.24) is 4.90 Å². The van der Waals surface area contributed by atoms with Gasteiger partial charge in [0.2, 0.25) is 5.91 Å². The van der Waals surface area contributed by atoms with Crippen molar-refractivity contribution >= 4 is 16.7 Å². The van der Waals surface area contributed by atoms with Crippen molar-refractivity contribution in [2.75, 3.05) is 6.54 Å². The monoisotopic (exact) mass is 330 g/mol. The van der Waals surface area contributed by atoms with E-state index in [9.17, 15) is 4.79 Å². The van der Waals surface area contributed by atoms with Crippen molar-refractivity contribution in [3.05, 3.63) is 83.4 Å². The Morgan fingerprint density at radius 3 is 2.52 bits per heavy atom. The molecule has 1 heterocycles. The van der Waals surface area contributed by atoms with Crippen LogP contribution in [-0.2, 0) is 24.2 Å². The van der Waals surface area contributed by atoms with Gasteiger partial charge in [-0.3, -0.25) is 4.79 Å². The van der Waals surface area contributed by atoms with Gasteiger partial charge in [0.1, 0.15) is 0 Å². The van der Waals surface area contributed by atoms with Crippen LogP contribution in [0.3, 0.4) is 0 Å². The van der Waals surface area contributed by atoms with Gasteiger partial charge in [-0.2, -0.15) is 0 Å². The molecule has 1 aliphatic rings. The maximum Gasteiger partial charge on any atom is 0.240 e. The van der Waals surface area contributed by atoms with Crippen LogP contribution >= 0.6 is 0 Å². The predicted octanol–water partition coefficient (Wildman–Crippen LogP) is 3.29. The third-order valence-corrected chi connectivity index (χ3v) is 5.03. The second kappa shape index (κ2) is 6.69. The summed E-state index contributed by atoms with van der Waals surface area (Å²) in [4.78, 5) is 14.7. The molecule has 25 heavy (non-hydrogen) atoms. The number of carbonyl (C=O) groups is 1. The number of rotatable bonds is 3. The van der Waals surface area contributed by atoms with E-state index in [0.717, 1.165) is 18.5 Å². The van der Waals surface area contributed by atoms with E-state index in [1.165, 1.54) is 21.9 Å². The molecule has 1 aliphatic heterocycles. The van der Waals surface area contributed by atoms with E-state index in [1.54, 1.807) is 0 Å². The van der Waals surface area contributed by atoms with Crippen LogP contribution in [0.25, 0.3) is 10.8 Å². The molecule has 0 spiro atoms. The summed E-state index contributed by atoms with van der Waals surface area (Å²) >= 11 is 0. The highest BCUT2D eigenvalue weighted by atomic mass is 16.2. The minimum Gasteiger partial charge on any atom is -0.337 e. The van der Waals surface area contributed by atoms with Gasteiger partial charge < -0.3 is 10.6 Å². The Balaban J connectivity index is 1.47. The average molecular weight is 330 g/mol. The van der Waals surface area contributed by atoms with E-state index in [4.69, 9.17) is 5.73 Å². The highest BCUT2D eigenvalue weighted by Gasteiger charge is 2.25. The molecule has 0 fully saturated rings. The third-order valence-electron chi connectivity index (χ3n) is 5.03. The minimum absolute atomic E-state index is 0.0441. The van der Waals surface area contributed by atoms with Crippen LogP contribution in [0, 0.1) is 0 Å². The van der Waals surface area contributed by atoms with Gasteiger partial charge in [-0.15, -0.1) is 0 Å². The molecule has 3 aromatic carbocycles. The molecule has 0 radical (unpaired) electrons. The molecular formula is C22H22N2O. The van der Waals surface area contributed by atoms with Crippen LogP contribution < -0.4 is 5.73 Å². The zero-order valence-corrected chi connectivity index (χ0v) is 14.2. The zero-order chi connectivity index (χ0) is 17.2. The van der Waals surface area contributed by atoms with Crippen molar-refractivity contribution in [2.45, 2.75) is 25.4 Å². The lowest BCUT2D eigenvalue weighted by molar-refractivity contribution is -0.133. The minimum atomic E-state index is -0.494. The average Bonchev–Trinajstić information content (AvgIpc) is 2.67. The molecule has 3 aromatic rings. The highest BCUT2D eigenvalue weighted by Crippen LogP contribution is 2.20. The van der Waals surface area contributed by atoms with Crippen molar-refractivity contribution in [2.24, 2.45) is 5.73 Å². The normalized spacial score (nSPS) is 15.0. The number of hydrogen-bond acceptors (Lipinski definition) is 2. The summed E-state index contributed by atoms with van der Waals surface area (Å²) in [6.45, 7) is 1.42. The van der Waals surface area contributed by atoms with Gasteiger partial charge in [-0.1, -0.05) is 66.7 Å². The second-order valence-electron chi connectivity index (χ2n) is 6.77. The SMILES string of the molecule is NC(Cc1ccc2ccccc2c1)C(=O)N1CCc2ccccc2C1. The van der Waals surface area contributed by atoms with Crippen LogP contribution in [0.2, 0.25) is 0 Å². The molecule has 3 nitrogen and oxygen atoms in total. The fourth-order valence-corrected chi connectivity index (χ4v) is 3.63. The Labute approximate surface area is 148 Å². The van der Waals surface area contributed by atoms with Gasteiger partial charge >= 0.3 is 0 Å². The largest absolute Gasteiger partial charge is 0.337 e. The maximum atomic E-state index is 12.8. The molecule has 4 rings (SSSR count). The Kier molecular flexibility index (Phi) is 4.24. The number of amides is 1. The van der Waals surface area contributed by atoms with E-state index in [2.05, 4.69) is 48.5 Å². The quantitative estimate of drug-likeness (QED) is 0.801. The van der Waals surface area contributed by atoms with E-state index in [1.807, 2.05) is 23.1 Å². The second-order valence-corrected chi connectivity index (χ2v) is 6.77. The lowest BCUT2D eigenvalue weighted by Crippen LogP contribution is -2.46. The molecule has 3 heteroatoms. The smallest absolute Gasteiger partial charge is 0.240 e. The van der Waals surface area contributed by atoms with Gasteiger partial charge in [-0.25, -0.2) is 0 Å². The number of benzene rings is 3. The molecule has 1 amide bonds. The Hall–Kier alpha value is -2.65. The van der Waals surface area contributed by atoms with Crippen LogP contribution in [0.5, 0.6) is 0 Å². The molecule has 0 aromatic heterocycles. The number of fused-ring (bicyclic) bond motifs is 2. The van der Waals surface area contributed by atoms with Gasteiger partial charge in [0.15, 0.2) is 0 Å². The summed E-state index contributed by atoms with van der Waals surface area (Å²) in [5.41, 5.74) is 9.94. The van der Waals surface area contributed by atoms with Crippen LogP contribution in [0.4, 0.5) is 0 Å². The van der Waals surface area contributed by atoms with Gasteiger partial charge in [0.05, 0.1) is 6.04 Å². The fraction of sp³-hybridized carbons (Fsp3) is 0.227. The molecule has 1 unspecified atom stereocenters. The van der Waals surface area contributed by atoms with Crippen molar-refractivity contribution in [1.29, 1.82) is 0 Å². The van der Waals surface area contributed by atoms with Crippen molar-refractivity contribution in [3.63, 3.8) is 0 Å². The zero-order valence-electron chi connectivity index (χ0n) is 14.2. The Morgan fingerprint density at radius 1 is 0.960 bits per heavy atom. The first-order valence-electron chi connectivity index (χ1n) is 8.79. The lowest BCUT2D eigenvalue weighted by Gasteiger charge is -2.31. The molecule has 126 valence electrons. The first-order chi connectivity index (χ1) is 12.2. The molecular weight excluding hydrogens is 308 g/mol. The van der Waals surface area contributed by atoms with Gasteiger partial charge in [0.25, 0.3) is 0 Å². The van der Waals surface area contributed by atoms with E-state index >= 15 is 0 Å². The van der Waals surface area contributed by atoms with Crippen LogP contribution in [0.15, 0.2) is 66.7 Å². The van der Waals surface area contributed by atoms with Crippen molar-refractivity contribution < 1.29 is 4.79 Å². The standard InChI is InChI=1S/C22H22N2O/c23-21(14-16-9-10-17-5-1-3-7-19(17)13-16)22(25)24-12-11-18-6-2-4-8-20(18)15-24/h1-10,13,21H,11-12,14-15,23H2. The topological polar surface area (TPSA) is 46.3 Å². The molecule has 0 bridgehead atoms. The molecule has 0 aliphatic carbocycles. The Bertz CT molecular complexity index is 919. The summed E-state index contributed by atoms with van der Waals surface area (Å²) in [5, 5.41) is 2.39. The maximum absolute atomic E-state index is 12.8. The van der Waals surface area contributed by atoms with Crippen LogP contribution in [0.1, 0.15) is 16.7 Å². The van der Waals surface area contributed by atoms with Crippen LogP contribution in [-0.4, -0.2) is 23.4 Å². The summed E-state index contributed by atoms with van der Waals surface area (Å²) in [7, 11) is 0. The summed E-state index contributed by atoms with van der Waals surface area (Å²) in [6.07, 6.45) is 1.48. The van der Waals surface area contributed by atoms with Gasteiger partial charge in [-0.05, 0) is 40.3 Å². The van der Waals surface area contributed by atoms with E-state index in [0.29, 0.717) is 13.0 Å². The first kappa shape index (κ1) is 15.9.